The highest BCUT2D eigenvalue weighted by molar-refractivity contribution is 5.99. The molecule has 1 aromatic heterocycles. The van der Waals surface area contributed by atoms with Crippen LogP contribution in [-0.4, -0.2) is 52.9 Å². The van der Waals surface area contributed by atoms with Crippen LogP contribution in [0.25, 0.3) is 0 Å². The number of hydrogen-bond acceptors (Lipinski definition) is 4. The minimum atomic E-state index is -0.526. The lowest BCUT2D eigenvalue weighted by Gasteiger charge is -2.36. The second kappa shape index (κ2) is 9.67. The zero-order valence-electron chi connectivity index (χ0n) is 17.6. The van der Waals surface area contributed by atoms with Gasteiger partial charge in [-0.1, -0.05) is 6.07 Å². The maximum atomic E-state index is 14.2. The van der Waals surface area contributed by atoms with Crippen LogP contribution in [0.15, 0.2) is 36.5 Å². The number of carbonyl (C=O) groups excluding carboxylic acids is 2. The number of piperidine rings is 1. The number of benzene rings is 1. The Morgan fingerprint density at radius 1 is 1.20 bits per heavy atom. The van der Waals surface area contributed by atoms with Gasteiger partial charge in [0, 0.05) is 38.3 Å². The van der Waals surface area contributed by atoms with Gasteiger partial charge in [0.05, 0.1) is 17.6 Å². The molecule has 0 unspecified atom stereocenters. The molecule has 3 amide bonds. The summed E-state index contributed by atoms with van der Waals surface area (Å²) in [4.78, 5) is 31.9. The third kappa shape index (κ3) is 5.76. The summed E-state index contributed by atoms with van der Waals surface area (Å²) < 4.78 is 14.2. The van der Waals surface area contributed by atoms with Gasteiger partial charge in [0.2, 0.25) is 5.91 Å². The normalized spacial score (nSPS) is 14.6. The summed E-state index contributed by atoms with van der Waals surface area (Å²) in [6.07, 6.45) is 3.37. The summed E-state index contributed by atoms with van der Waals surface area (Å²) in [7, 11) is 2.03. The zero-order valence-corrected chi connectivity index (χ0v) is 17.6. The van der Waals surface area contributed by atoms with E-state index in [9.17, 15) is 14.0 Å². The van der Waals surface area contributed by atoms with Crippen LogP contribution in [0.2, 0.25) is 0 Å². The molecule has 1 aliphatic heterocycles. The summed E-state index contributed by atoms with van der Waals surface area (Å²) in [5, 5.41) is 5.22. The molecule has 2 aromatic rings. The van der Waals surface area contributed by atoms with Crippen molar-refractivity contribution < 1.29 is 14.0 Å². The van der Waals surface area contributed by atoms with Gasteiger partial charge in [-0.15, -0.1) is 0 Å². The molecule has 1 fully saturated rings. The number of rotatable bonds is 5. The fraction of sp³-hybridized carbons (Fsp3) is 0.409. The number of anilines is 2. The molecular formula is C22H28FN5O2. The van der Waals surface area contributed by atoms with Crippen LogP contribution in [0.3, 0.4) is 0 Å². The number of nitrogens with zero attached hydrogens (tertiary/aromatic N) is 3. The Morgan fingerprint density at radius 3 is 2.57 bits per heavy atom. The second-order valence-corrected chi connectivity index (χ2v) is 7.73. The highest BCUT2D eigenvalue weighted by atomic mass is 19.1. The van der Waals surface area contributed by atoms with Gasteiger partial charge >= 0.3 is 6.03 Å². The Morgan fingerprint density at radius 2 is 1.93 bits per heavy atom. The van der Waals surface area contributed by atoms with Gasteiger partial charge in [0.1, 0.15) is 5.82 Å². The first-order chi connectivity index (χ1) is 14.3. The predicted octanol–water partition coefficient (Wildman–Crippen LogP) is 3.62. The Balaban J connectivity index is 1.58. The topological polar surface area (TPSA) is 77.6 Å². The van der Waals surface area contributed by atoms with E-state index in [0.717, 1.165) is 37.2 Å². The van der Waals surface area contributed by atoms with Crippen LogP contribution < -0.4 is 10.6 Å². The summed E-state index contributed by atoms with van der Waals surface area (Å²) in [5.74, 6) is -0.376. The summed E-state index contributed by atoms with van der Waals surface area (Å²) in [6, 6.07) is 8.10. The molecule has 7 nitrogen and oxygen atoms in total. The highest BCUT2D eigenvalue weighted by Crippen LogP contribution is 2.21. The molecule has 0 saturated carbocycles. The standard InChI is InChI=1S/C22H28FN5O2/c1-15-4-6-18(13-24-15)25-22(30)26-21-12-17(5-7-20(21)23)14-27(3)19-8-10-28(11-9-19)16(2)29/h4-7,12-13,19H,8-11,14H2,1-3H3,(H2,25,26,30). The third-order valence-electron chi connectivity index (χ3n) is 5.41. The van der Waals surface area contributed by atoms with Crippen LogP contribution in [0.4, 0.5) is 20.6 Å². The van der Waals surface area contributed by atoms with Gasteiger partial charge in [-0.05, 0) is 56.6 Å². The molecular weight excluding hydrogens is 385 g/mol. The maximum Gasteiger partial charge on any atom is 0.323 e. The number of halogens is 1. The molecule has 0 bridgehead atoms. The molecule has 1 aromatic carbocycles. The molecule has 30 heavy (non-hydrogen) atoms. The van der Waals surface area contributed by atoms with Gasteiger partial charge in [-0.25, -0.2) is 9.18 Å². The average molecular weight is 413 g/mol. The third-order valence-corrected chi connectivity index (χ3v) is 5.41. The molecule has 8 heteroatoms. The number of aromatic nitrogens is 1. The molecule has 2 heterocycles. The average Bonchev–Trinajstić information content (AvgIpc) is 2.72. The molecule has 1 aliphatic rings. The van der Waals surface area contributed by atoms with Crippen LogP contribution in [0.5, 0.6) is 0 Å². The largest absolute Gasteiger partial charge is 0.343 e. The number of urea groups is 1. The van der Waals surface area contributed by atoms with Crippen molar-refractivity contribution in [2.24, 2.45) is 0 Å². The van der Waals surface area contributed by atoms with E-state index in [2.05, 4.69) is 20.5 Å². The van der Waals surface area contributed by atoms with Crippen molar-refractivity contribution in [2.75, 3.05) is 30.8 Å². The summed E-state index contributed by atoms with van der Waals surface area (Å²) in [6.45, 7) is 5.60. The number of hydrogen-bond donors (Lipinski definition) is 2. The Labute approximate surface area is 176 Å². The van der Waals surface area contributed by atoms with E-state index >= 15 is 0 Å². The fourth-order valence-electron chi connectivity index (χ4n) is 3.63. The first-order valence-electron chi connectivity index (χ1n) is 10.1. The highest BCUT2D eigenvalue weighted by Gasteiger charge is 2.23. The van der Waals surface area contributed by atoms with Gasteiger partial charge in [0.15, 0.2) is 0 Å². The van der Waals surface area contributed by atoms with Gasteiger partial charge in [-0.3, -0.25) is 14.7 Å². The van der Waals surface area contributed by atoms with Crippen LogP contribution in [-0.2, 0) is 11.3 Å². The van der Waals surface area contributed by atoms with E-state index in [0.29, 0.717) is 18.3 Å². The smallest absolute Gasteiger partial charge is 0.323 e. The lowest BCUT2D eigenvalue weighted by Crippen LogP contribution is -2.44. The fourth-order valence-corrected chi connectivity index (χ4v) is 3.63. The first kappa shape index (κ1) is 21.7. The lowest BCUT2D eigenvalue weighted by atomic mass is 10.0. The minimum absolute atomic E-state index is 0.116. The Bertz CT molecular complexity index is 895. The summed E-state index contributed by atoms with van der Waals surface area (Å²) in [5.41, 5.74) is 2.41. The Hall–Kier alpha value is -3.00. The van der Waals surface area contributed by atoms with Crippen LogP contribution >= 0.6 is 0 Å². The Kier molecular flexibility index (Phi) is 6.99. The molecule has 3 rings (SSSR count). The number of likely N-dealkylation sites (tertiary alicyclic amines) is 1. The molecule has 1 saturated heterocycles. The predicted molar refractivity (Wildman–Crippen MR) is 115 cm³/mol. The van der Waals surface area contributed by atoms with Crippen LogP contribution in [0.1, 0.15) is 31.0 Å². The van der Waals surface area contributed by atoms with E-state index in [4.69, 9.17) is 0 Å². The van der Waals surface area contributed by atoms with Gasteiger partial charge in [0.25, 0.3) is 0 Å². The molecule has 0 atom stereocenters. The number of aryl methyl sites for hydroxylation is 1. The van der Waals surface area contributed by atoms with Gasteiger partial charge < -0.3 is 15.5 Å². The van der Waals surface area contributed by atoms with E-state index in [-0.39, 0.29) is 11.6 Å². The molecule has 0 spiro atoms. The number of nitrogens with one attached hydrogen (secondary N) is 2. The monoisotopic (exact) mass is 413 g/mol. The number of carbonyl (C=O) groups is 2. The zero-order chi connectivity index (χ0) is 21.7. The lowest BCUT2D eigenvalue weighted by molar-refractivity contribution is -0.130. The van der Waals surface area contributed by atoms with Crippen molar-refractivity contribution in [2.45, 2.75) is 39.3 Å². The summed E-state index contributed by atoms with van der Waals surface area (Å²) >= 11 is 0. The maximum absolute atomic E-state index is 14.2. The molecule has 2 N–H and O–H groups in total. The molecule has 0 aliphatic carbocycles. The number of amides is 3. The van der Waals surface area contributed by atoms with E-state index in [1.54, 1.807) is 37.4 Å². The van der Waals surface area contributed by atoms with Crippen molar-refractivity contribution >= 4 is 23.3 Å². The van der Waals surface area contributed by atoms with E-state index in [1.807, 2.05) is 18.9 Å². The molecule has 160 valence electrons. The second-order valence-electron chi connectivity index (χ2n) is 7.73. The van der Waals surface area contributed by atoms with Crippen molar-refractivity contribution in [3.8, 4) is 0 Å². The minimum Gasteiger partial charge on any atom is -0.343 e. The van der Waals surface area contributed by atoms with Crippen molar-refractivity contribution in [1.82, 2.24) is 14.8 Å². The van der Waals surface area contributed by atoms with E-state index < -0.39 is 11.8 Å². The van der Waals surface area contributed by atoms with Crippen molar-refractivity contribution in [3.63, 3.8) is 0 Å². The molecule has 0 radical (unpaired) electrons. The van der Waals surface area contributed by atoms with Crippen LogP contribution in [0, 0.1) is 12.7 Å². The SMILES string of the molecule is CC(=O)N1CCC(N(C)Cc2ccc(F)c(NC(=O)Nc3ccc(C)nc3)c2)CC1. The van der Waals surface area contributed by atoms with Gasteiger partial charge in [-0.2, -0.15) is 0 Å². The van der Waals surface area contributed by atoms with Crippen molar-refractivity contribution in [3.05, 3.63) is 53.6 Å². The first-order valence-corrected chi connectivity index (χ1v) is 10.1. The number of pyridine rings is 1. The van der Waals surface area contributed by atoms with E-state index in [1.165, 1.54) is 6.07 Å². The quantitative estimate of drug-likeness (QED) is 0.785. The van der Waals surface area contributed by atoms with Crippen molar-refractivity contribution in [1.29, 1.82) is 0 Å².